The van der Waals surface area contributed by atoms with Gasteiger partial charge in [-0.2, -0.15) is 0 Å². The van der Waals surface area contributed by atoms with Crippen LogP contribution in [0.15, 0.2) is 11.6 Å². The van der Waals surface area contributed by atoms with Crippen molar-refractivity contribution in [1.29, 1.82) is 0 Å². The van der Waals surface area contributed by atoms with Crippen molar-refractivity contribution in [2.75, 3.05) is 13.2 Å². The van der Waals surface area contributed by atoms with Gasteiger partial charge in [-0.15, -0.1) is 0 Å². The van der Waals surface area contributed by atoms with Crippen molar-refractivity contribution in [3.05, 3.63) is 11.6 Å². The average Bonchev–Trinajstić information content (AvgIpc) is 3.09. The van der Waals surface area contributed by atoms with Gasteiger partial charge >= 0.3 is 5.97 Å². The Morgan fingerprint density at radius 2 is 1.45 bits per heavy atom. The van der Waals surface area contributed by atoms with Gasteiger partial charge in [0, 0.05) is 0 Å². The predicted molar refractivity (Wildman–Crippen MR) is 192 cm³/mol. The first-order chi connectivity index (χ1) is 24.6. The first-order valence-electron chi connectivity index (χ1n) is 20.2. The molecular weight excluding hydrogens is 684 g/mol. The van der Waals surface area contributed by atoms with Gasteiger partial charge in [-0.3, -0.25) is 4.79 Å². The summed E-state index contributed by atoms with van der Waals surface area (Å²) >= 11 is 0. The van der Waals surface area contributed by atoms with Crippen molar-refractivity contribution >= 4 is 5.97 Å². The number of allylic oxidation sites excluding steroid dienone is 2. The maximum Gasteiger partial charge on any atom is 0.315 e. The smallest absolute Gasteiger partial charge is 0.315 e. The van der Waals surface area contributed by atoms with E-state index in [1.165, 1.54) is 5.57 Å². The second-order valence-corrected chi connectivity index (χ2v) is 20.3. The lowest BCUT2D eigenvalue weighted by molar-refractivity contribution is -0.317. The summed E-state index contributed by atoms with van der Waals surface area (Å²) in [7, 11) is 0. The molecule has 12 nitrogen and oxygen atoms in total. The van der Waals surface area contributed by atoms with Crippen LogP contribution in [-0.4, -0.2) is 116 Å². The zero-order valence-corrected chi connectivity index (χ0v) is 32.7. The van der Waals surface area contributed by atoms with Crippen LogP contribution in [0.25, 0.3) is 0 Å². The Balaban J connectivity index is 1.14. The van der Waals surface area contributed by atoms with Gasteiger partial charge in [0.2, 0.25) is 6.29 Å². The largest absolute Gasteiger partial charge is 0.432 e. The van der Waals surface area contributed by atoms with E-state index in [0.717, 1.165) is 51.4 Å². The number of esters is 1. The Labute approximate surface area is 314 Å². The minimum Gasteiger partial charge on any atom is -0.432 e. The van der Waals surface area contributed by atoms with Gasteiger partial charge in [-0.25, -0.2) is 0 Å². The summed E-state index contributed by atoms with van der Waals surface area (Å²) in [6.45, 7) is 15.8. The number of carbonyl (C=O) groups is 1. The standard InChI is InChI=1S/C41H66O12/c1-36(2)14-16-41(35(49)53-34-32(48)30(46)29(45)24(52-34)20-51-33-31(47)28(44)23(42)19-50-33)17-15-39(6)21(22(41)18-36)8-9-26-38(5)12-11-27(43)37(3,4)25(38)10-13-40(26,39)7/h8,22-34,42-48H,9-20H2,1-7H3/t22-,23-,24+,25-,26+,27-,28+,29+,30-,31-,32+,33-,34-,38-,39+,40+,41-/m0/s1. The molecule has 0 aromatic heterocycles. The van der Waals surface area contributed by atoms with Gasteiger partial charge in [0.05, 0.1) is 24.7 Å². The van der Waals surface area contributed by atoms with Gasteiger partial charge in [-0.05, 0) is 109 Å². The Morgan fingerprint density at radius 3 is 2.17 bits per heavy atom. The maximum absolute atomic E-state index is 14.7. The molecular formula is C41H66O12. The van der Waals surface area contributed by atoms with Crippen molar-refractivity contribution in [3.8, 4) is 0 Å². The summed E-state index contributed by atoms with van der Waals surface area (Å²) < 4.78 is 22.9. The number of ether oxygens (including phenoxy) is 4. The lowest BCUT2D eigenvalue weighted by Gasteiger charge is -2.71. The van der Waals surface area contributed by atoms with Gasteiger partial charge in [0.15, 0.2) is 6.29 Å². The summed E-state index contributed by atoms with van der Waals surface area (Å²) in [4.78, 5) is 14.7. The molecule has 7 rings (SSSR count). The summed E-state index contributed by atoms with van der Waals surface area (Å²) in [6, 6.07) is 0. The van der Waals surface area contributed by atoms with Crippen LogP contribution in [0.4, 0.5) is 0 Å². The van der Waals surface area contributed by atoms with Crippen molar-refractivity contribution in [2.24, 2.45) is 50.2 Å². The van der Waals surface area contributed by atoms with Crippen LogP contribution in [0.3, 0.4) is 0 Å². The molecule has 6 fully saturated rings. The highest BCUT2D eigenvalue weighted by molar-refractivity contribution is 5.79. The van der Waals surface area contributed by atoms with Crippen LogP contribution >= 0.6 is 0 Å². The van der Waals surface area contributed by atoms with E-state index in [9.17, 15) is 40.5 Å². The quantitative estimate of drug-likeness (QED) is 0.161. The molecule has 2 aliphatic heterocycles. The molecule has 302 valence electrons. The molecule has 0 spiro atoms. The van der Waals surface area contributed by atoms with E-state index < -0.39 is 73.3 Å². The van der Waals surface area contributed by atoms with Crippen molar-refractivity contribution in [1.82, 2.24) is 0 Å². The molecule has 53 heavy (non-hydrogen) atoms. The highest BCUT2D eigenvalue weighted by Crippen LogP contribution is 2.76. The molecule has 0 unspecified atom stereocenters. The van der Waals surface area contributed by atoms with Crippen LogP contribution in [0.2, 0.25) is 0 Å². The summed E-state index contributed by atoms with van der Waals surface area (Å²) in [5.41, 5.74) is 0.336. The van der Waals surface area contributed by atoms with Crippen LogP contribution in [0.5, 0.6) is 0 Å². The SMILES string of the molecule is CC1(C)CC[C@]2(C(=O)O[C@@H]3O[C@H](CO[C@@H]4OC[C@H](O)[C@@H](O)[C@@H]4O)[C@@H](O)[C@H](O)[C@H]3O)CC[C@]3(C)C(=CC[C@@H]4[C@@]5(C)CC[C@H](O)C(C)(C)[C@@H]5CC[C@]43C)[C@@H]2C1. The molecule has 2 heterocycles. The average molecular weight is 751 g/mol. The van der Waals surface area contributed by atoms with Crippen molar-refractivity contribution in [2.45, 2.75) is 174 Å². The second-order valence-electron chi connectivity index (χ2n) is 20.3. The van der Waals surface area contributed by atoms with Crippen LogP contribution in [0, 0.1) is 50.2 Å². The lowest BCUT2D eigenvalue weighted by atomic mass is 9.33. The number of hydrogen-bond acceptors (Lipinski definition) is 12. The molecule has 2 saturated heterocycles. The molecule has 0 aromatic rings. The van der Waals surface area contributed by atoms with E-state index in [0.29, 0.717) is 24.7 Å². The highest BCUT2D eigenvalue weighted by Gasteiger charge is 2.69. The topological polar surface area (TPSA) is 196 Å². The first-order valence-corrected chi connectivity index (χ1v) is 20.2. The van der Waals surface area contributed by atoms with E-state index in [2.05, 4.69) is 54.5 Å². The fourth-order valence-corrected chi connectivity index (χ4v) is 13.1. The minimum absolute atomic E-state index is 0.00255. The molecule has 0 aromatic carbocycles. The van der Waals surface area contributed by atoms with Crippen molar-refractivity contribution < 1.29 is 59.5 Å². The summed E-state index contributed by atoms with van der Waals surface area (Å²) in [5, 5.41) is 73.9. The van der Waals surface area contributed by atoms with Crippen molar-refractivity contribution in [3.63, 3.8) is 0 Å². The van der Waals surface area contributed by atoms with E-state index >= 15 is 0 Å². The second kappa shape index (κ2) is 13.5. The third-order valence-corrected chi connectivity index (χ3v) is 16.8. The zero-order valence-electron chi connectivity index (χ0n) is 32.7. The molecule has 7 aliphatic rings. The van der Waals surface area contributed by atoms with E-state index in [-0.39, 0.29) is 45.7 Å². The van der Waals surface area contributed by atoms with E-state index in [1.807, 2.05) is 0 Å². The Bertz CT molecular complexity index is 1430. The normalized spacial score (nSPS) is 53.2. The fraction of sp³-hybridized carbons (Fsp3) is 0.927. The molecule has 7 N–H and O–H groups in total. The lowest BCUT2D eigenvalue weighted by Crippen LogP contribution is -2.65. The molecule has 0 radical (unpaired) electrons. The number of rotatable bonds is 5. The van der Waals surface area contributed by atoms with Gasteiger partial charge in [-0.1, -0.05) is 60.1 Å². The highest BCUT2D eigenvalue weighted by atomic mass is 16.7. The fourth-order valence-electron chi connectivity index (χ4n) is 13.1. The zero-order chi connectivity index (χ0) is 38.7. The summed E-state index contributed by atoms with van der Waals surface area (Å²) in [6.07, 6.45) is -2.77. The third-order valence-electron chi connectivity index (χ3n) is 16.8. The first kappa shape index (κ1) is 40.0. The monoisotopic (exact) mass is 750 g/mol. The Kier molecular flexibility index (Phi) is 10.2. The van der Waals surface area contributed by atoms with E-state index in [4.69, 9.17) is 18.9 Å². The van der Waals surface area contributed by atoms with Crippen LogP contribution in [0.1, 0.15) is 113 Å². The number of carbonyl (C=O) groups excluding carboxylic acids is 1. The molecule has 0 amide bonds. The van der Waals surface area contributed by atoms with E-state index in [1.54, 1.807) is 0 Å². The molecule has 17 atom stereocenters. The number of aliphatic hydroxyl groups is 7. The number of fused-ring (bicyclic) bond motifs is 7. The molecule has 12 heteroatoms. The Morgan fingerprint density at radius 1 is 0.774 bits per heavy atom. The Hall–Kier alpha value is -1.19. The molecule has 0 bridgehead atoms. The predicted octanol–water partition coefficient (Wildman–Crippen LogP) is 2.96. The minimum atomic E-state index is -1.72. The number of hydrogen-bond donors (Lipinski definition) is 7. The number of aliphatic hydroxyl groups excluding tert-OH is 7. The maximum atomic E-state index is 14.7. The van der Waals surface area contributed by atoms with Gasteiger partial charge in [0.1, 0.15) is 42.7 Å². The van der Waals surface area contributed by atoms with Gasteiger partial charge in [0.25, 0.3) is 0 Å². The van der Waals surface area contributed by atoms with Crippen LogP contribution < -0.4 is 0 Å². The summed E-state index contributed by atoms with van der Waals surface area (Å²) in [5.74, 6) is 0.345. The van der Waals surface area contributed by atoms with Gasteiger partial charge < -0.3 is 54.7 Å². The molecule has 5 aliphatic carbocycles. The third kappa shape index (κ3) is 6.02. The molecule has 4 saturated carbocycles. The van der Waals surface area contributed by atoms with Crippen LogP contribution in [-0.2, 0) is 23.7 Å².